The summed E-state index contributed by atoms with van der Waals surface area (Å²) < 4.78 is 29.6. The molecule has 2 aliphatic heterocycles. The van der Waals surface area contributed by atoms with Crippen LogP contribution in [0.1, 0.15) is 33.6 Å². The fourth-order valence-electron chi connectivity index (χ4n) is 5.25. The third-order valence-corrected chi connectivity index (χ3v) is 7.66. The Morgan fingerprint density at radius 1 is 1.10 bits per heavy atom. The lowest BCUT2D eigenvalue weighted by Crippen LogP contribution is -2.57. The quantitative estimate of drug-likeness (QED) is 0.390. The fraction of sp³-hybridized carbons (Fsp3) is 0.233. The van der Waals surface area contributed by atoms with E-state index in [1.54, 1.807) is 41.4 Å². The zero-order valence-corrected chi connectivity index (χ0v) is 23.0. The molecule has 3 heterocycles. The summed E-state index contributed by atoms with van der Waals surface area (Å²) in [6.07, 6.45) is 5.81. The van der Waals surface area contributed by atoms with E-state index in [0.29, 0.717) is 59.1 Å². The van der Waals surface area contributed by atoms with Gasteiger partial charge in [-0.05, 0) is 42.8 Å². The molecule has 2 amide bonds. The summed E-state index contributed by atoms with van der Waals surface area (Å²) in [7, 11) is 0. The van der Waals surface area contributed by atoms with Crippen molar-refractivity contribution in [2.24, 2.45) is 10.7 Å². The first-order chi connectivity index (χ1) is 20.3. The number of hydrogen-bond donors (Lipinski definition) is 3. The number of nitrogens with two attached hydrogens (primary N) is 1. The van der Waals surface area contributed by atoms with Crippen LogP contribution in [0.4, 0.5) is 20.4 Å². The number of carbonyl (C=O) groups is 2. The van der Waals surface area contributed by atoms with E-state index >= 15 is 0 Å². The smallest absolute Gasteiger partial charge is 0.253 e. The molecule has 1 fully saturated rings. The molecule has 6 rings (SSSR count). The second kappa shape index (κ2) is 11.4. The molecule has 0 spiro atoms. The molecule has 3 aliphatic rings. The molecule has 0 bridgehead atoms. The number of allylic oxidation sites excluding steroid dienone is 4. The minimum Gasteiger partial charge on any atom is -0.368 e. The van der Waals surface area contributed by atoms with Crippen molar-refractivity contribution < 1.29 is 18.4 Å². The predicted molar refractivity (Wildman–Crippen MR) is 156 cm³/mol. The number of fused-ring (bicyclic) bond motifs is 3. The second-order valence-corrected chi connectivity index (χ2v) is 10.7. The monoisotopic (exact) mass is 589 g/mol. The maximum Gasteiger partial charge on any atom is 0.253 e. The van der Waals surface area contributed by atoms with Gasteiger partial charge in [0.05, 0.1) is 28.9 Å². The van der Waals surface area contributed by atoms with Gasteiger partial charge in [-0.2, -0.15) is 0 Å². The molecular weight excluding hydrogens is 564 g/mol. The molecule has 2 atom stereocenters. The van der Waals surface area contributed by atoms with Crippen LogP contribution < -0.4 is 16.4 Å². The van der Waals surface area contributed by atoms with Gasteiger partial charge >= 0.3 is 0 Å². The number of amides is 2. The maximum absolute atomic E-state index is 14.8. The Morgan fingerprint density at radius 2 is 1.86 bits per heavy atom. The van der Waals surface area contributed by atoms with Gasteiger partial charge in [0.15, 0.2) is 0 Å². The van der Waals surface area contributed by atoms with Crippen molar-refractivity contribution in [3.8, 4) is 0 Å². The molecule has 2 aromatic carbocycles. The van der Waals surface area contributed by atoms with Crippen molar-refractivity contribution in [1.29, 1.82) is 0 Å². The molecular formula is C30H26ClF2N7O2. The predicted octanol–water partition coefficient (Wildman–Crippen LogP) is 3.72. The minimum absolute atomic E-state index is 0.125. The highest BCUT2D eigenvalue weighted by atomic mass is 35.5. The zero-order valence-electron chi connectivity index (χ0n) is 22.3. The molecule has 42 heavy (non-hydrogen) atoms. The molecule has 4 N–H and O–H groups in total. The van der Waals surface area contributed by atoms with E-state index in [2.05, 4.69) is 20.6 Å². The van der Waals surface area contributed by atoms with Gasteiger partial charge < -0.3 is 21.3 Å². The van der Waals surface area contributed by atoms with Gasteiger partial charge in [0, 0.05) is 53.8 Å². The molecule has 214 valence electrons. The number of primary amides is 1. The number of hydrogen-bond acceptors (Lipinski definition) is 7. The fourth-order valence-corrected chi connectivity index (χ4v) is 5.46. The minimum atomic E-state index is -0.711. The number of aromatic nitrogens is 2. The number of aliphatic imine (C=N–C) groups is 1. The average Bonchev–Trinajstić information content (AvgIpc) is 3.14. The first-order valence-electron chi connectivity index (χ1n) is 13.4. The molecule has 9 nitrogen and oxygen atoms in total. The van der Waals surface area contributed by atoms with E-state index in [0.717, 1.165) is 0 Å². The van der Waals surface area contributed by atoms with Crippen LogP contribution in [-0.2, 0) is 11.3 Å². The Labute approximate surface area is 245 Å². The standard InChI is InChI=1S/C30H26ClF2N7O2/c31-18-6-9-20-21(12-18)27(25-22(32)2-1-3-23(25)33)36-13-17-14-37-30(39-26(17)20)38-19-7-4-16(5-8-19)29(42)40-11-10-35-24(15-40)28(34)41/h1-5,7-9,12,14,18,24,35H,6,10-11,13,15H2,(H2,34,41)(H,37,38,39). The first kappa shape index (κ1) is 27.7. The van der Waals surface area contributed by atoms with E-state index in [-0.39, 0.29) is 35.6 Å². The van der Waals surface area contributed by atoms with Gasteiger partial charge in [-0.15, -0.1) is 11.6 Å². The SMILES string of the molecule is NC(=O)C1CN(C(=O)c2ccc(Nc3ncc4c(n3)C3=CCC(Cl)C=C3C(c3c(F)cccc3F)=NC4)cc2)CCN1. The normalized spacial score (nSPS) is 19.9. The maximum atomic E-state index is 14.8. The first-order valence-corrected chi connectivity index (χ1v) is 13.8. The largest absolute Gasteiger partial charge is 0.368 e. The summed E-state index contributed by atoms with van der Waals surface area (Å²) >= 11 is 6.43. The van der Waals surface area contributed by atoms with Gasteiger partial charge in [-0.1, -0.05) is 18.2 Å². The Bertz CT molecular complexity index is 1650. The van der Waals surface area contributed by atoms with E-state index in [9.17, 15) is 18.4 Å². The molecule has 0 radical (unpaired) electrons. The van der Waals surface area contributed by atoms with Crippen LogP contribution in [0.25, 0.3) is 5.57 Å². The van der Waals surface area contributed by atoms with Gasteiger partial charge in [0.2, 0.25) is 11.9 Å². The molecule has 1 saturated heterocycles. The van der Waals surface area contributed by atoms with Gasteiger partial charge in [0.1, 0.15) is 17.7 Å². The van der Waals surface area contributed by atoms with E-state index in [1.807, 2.05) is 6.08 Å². The van der Waals surface area contributed by atoms with E-state index < -0.39 is 23.6 Å². The number of carbonyl (C=O) groups excluding carboxylic acids is 2. The lowest BCUT2D eigenvalue weighted by atomic mass is 9.88. The third-order valence-electron chi connectivity index (χ3n) is 7.36. The summed E-state index contributed by atoms with van der Waals surface area (Å²) in [4.78, 5) is 39.9. The lowest BCUT2D eigenvalue weighted by molar-refractivity contribution is -0.120. The number of halogens is 3. The number of rotatable bonds is 5. The molecule has 3 aromatic rings. The zero-order chi connectivity index (χ0) is 29.4. The Balaban J connectivity index is 1.24. The summed E-state index contributed by atoms with van der Waals surface area (Å²) in [6.45, 7) is 1.29. The van der Waals surface area contributed by atoms with Crippen LogP contribution in [0.2, 0.25) is 0 Å². The second-order valence-electron chi connectivity index (χ2n) is 10.1. The summed E-state index contributed by atoms with van der Waals surface area (Å²) in [6, 6.07) is 9.98. The Kier molecular flexibility index (Phi) is 7.53. The average molecular weight is 590 g/mol. The van der Waals surface area contributed by atoms with Crippen molar-refractivity contribution in [2.75, 3.05) is 25.0 Å². The summed E-state index contributed by atoms with van der Waals surface area (Å²) in [5.41, 5.74) is 8.97. The molecule has 1 aliphatic carbocycles. The van der Waals surface area contributed by atoms with Gasteiger partial charge in [-0.3, -0.25) is 14.6 Å². The van der Waals surface area contributed by atoms with Crippen LogP contribution >= 0.6 is 11.6 Å². The van der Waals surface area contributed by atoms with Crippen LogP contribution in [-0.4, -0.2) is 63.4 Å². The van der Waals surface area contributed by atoms with Crippen molar-refractivity contribution in [2.45, 2.75) is 24.4 Å². The van der Waals surface area contributed by atoms with E-state index in [1.165, 1.54) is 18.2 Å². The van der Waals surface area contributed by atoms with Crippen molar-refractivity contribution in [3.63, 3.8) is 0 Å². The highest BCUT2D eigenvalue weighted by Gasteiger charge is 2.30. The van der Waals surface area contributed by atoms with Crippen LogP contribution in [0, 0.1) is 11.6 Å². The number of piperazine rings is 1. The van der Waals surface area contributed by atoms with Crippen molar-refractivity contribution in [3.05, 3.63) is 100 Å². The molecule has 12 heteroatoms. The van der Waals surface area contributed by atoms with Crippen molar-refractivity contribution in [1.82, 2.24) is 20.2 Å². The lowest BCUT2D eigenvalue weighted by Gasteiger charge is -2.32. The molecule has 0 saturated carbocycles. The van der Waals surface area contributed by atoms with Crippen LogP contribution in [0.5, 0.6) is 0 Å². The van der Waals surface area contributed by atoms with Crippen molar-refractivity contribution >= 4 is 46.3 Å². The Morgan fingerprint density at radius 3 is 2.60 bits per heavy atom. The summed E-state index contributed by atoms with van der Waals surface area (Å²) in [5.74, 6) is -1.82. The molecule has 2 unspecified atom stereocenters. The number of alkyl halides is 1. The highest BCUT2D eigenvalue weighted by molar-refractivity contribution is 6.26. The topological polar surface area (TPSA) is 126 Å². The van der Waals surface area contributed by atoms with Gasteiger partial charge in [0.25, 0.3) is 5.91 Å². The Hall–Kier alpha value is -4.48. The van der Waals surface area contributed by atoms with Gasteiger partial charge in [-0.25, -0.2) is 18.7 Å². The number of benzene rings is 2. The highest BCUT2D eigenvalue weighted by Crippen LogP contribution is 2.37. The van der Waals surface area contributed by atoms with Crippen LogP contribution in [0.3, 0.4) is 0 Å². The molecule has 1 aromatic heterocycles. The summed E-state index contributed by atoms with van der Waals surface area (Å²) in [5, 5.41) is 5.80. The van der Waals surface area contributed by atoms with E-state index in [4.69, 9.17) is 22.3 Å². The third kappa shape index (κ3) is 5.40. The number of anilines is 2. The van der Waals surface area contributed by atoms with Crippen LogP contribution in [0.15, 0.2) is 71.4 Å². The number of nitrogens with one attached hydrogen (secondary N) is 2. The number of nitrogens with zero attached hydrogens (tertiary/aromatic N) is 4.